The Bertz CT molecular complexity index is 599. The molecule has 0 heterocycles. The number of hydrogen-bond donors (Lipinski definition) is 0. The zero-order chi connectivity index (χ0) is 13.5. The molecule has 2 aromatic rings. The highest BCUT2D eigenvalue weighted by Crippen LogP contribution is 2.15. The van der Waals surface area contributed by atoms with Crippen LogP contribution in [0.1, 0.15) is 22.3 Å². The number of azide groups is 1. The molecule has 0 aliphatic rings. The van der Waals surface area contributed by atoms with Gasteiger partial charge in [0.25, 0.3) is 0 Å². The van der Waals surface area contributed by atoms with Crippen LogP contribution >= 0.6 is 0 Å². The zero-order valence-corrected chi connectivity index (χ0v) is 10.4. The van der Waals surface area contributed by atoms with E-state index < -0.39 is 0 Å². The van der Waals surface area contributed by atoms with E-state index in [0.29, 0.717) is 17.7 Å². The molecule has 4 nitrogen and oxygen atoms in total. The van der Waals surface area contributed by atoms with Crippen molar-refractivity contribution >= 4 is 11.5 Å². The molecule has 0 spiro atoms. The summed E-state index contributed by atoms with van der Waals surface area (Å²) >= 11 is 0. The molecular formula is C15H13N3O. The van der Waals surface area contributed by atoms with Crippen molar-refractivity contribution < 1.29 is 4.79 Å². The van der Waals surface area contributed by atoms with Gasteiger partial charge in [0.05, 0.1) is 0 Å². The maximum atomic E-state index is 12.0. The third kappa shape index (κ3) is 3.69. The molecule has 94 valence electrons. The van der Waals surface area contributed by atoms with Gasteiger partial charge in [-0.25, -0.2) is 0 Å². The maximum Gasteiger partial charge on any atom is 0.163 e. The third-order valence-corrected chi connectivity index (χ3v) is 2.83. The lowest BCUT2D eigenvalue weighted by Gasteiger charge is -2.02. The van der Waals surface area contributed by atoms with Crippen LogP contribution < -0.4 is 0 Å². The fraction of sp³-hybridized carbons (Fsp3) is 0.133. The van der Waals surface area contributed by atoms with Crippen LogP contribution in [0.15, 0.2) is 59.7 Å². The van der Waals surface area contributed by atoms with E-state index in [-0.39, 0.29) is 5.78 Å². The fourth-order valence-electron chi connectivity index (χ4n) is 1.81. The van der Waals surface area contributed by atoms with Crippen LogP contribution in [0, 0.1) is 0 Å². The molecule has 0 aliphatic heterocycles. The lowest BCUT2D eigenvalue weighted by atomic mass is 10.0. The number of ketones is 1. The van der Waals surface area contributed by atoms with E-state index in [4.69, 9.17) is 5.53 Å². The van der Waals surface area contributed by atoms with Crippen LogP contribution in [0.25, 0.3) is 10.4 Å². The first-order valence-corrected chi connectivity index (χ1v) is 6.02. The van der Waals surface area contributed by atoms with Crippen molar-refractivity contribution in [3.05, 3.63) is 76.2 Å². The summed E-state index contributed by atoms with van der Waals surface area (Å²) in [7, 11) is 0. The second-order valence-corrected chi connectivity index (χ2v) is 4.15. The smallest absolute Gasteiger partial charge is 0.163 e. The van der Waals surface area contributed by atoms with Gasteiger partial charge in [-0.05, 0) is 17.5 Å². The molecule has 0 atom stereocenters. The first-order valence-electron chi connectivity index (χ1n) is 6.02. The van der Waals surface area contributed by atoms with Crippen LogP contribution in [0.5, 0.6) is 0 Å². The van der Waals surface area contributed by atoms with Gasteiger partial charge >= 0.3 is 0 Å². The van der Waals surface area contributed by atoms with Gasteiger partial charge in [0.1, 0.15) is 0 Å². The van der Waals surface area contributed by atoms with Crippen molar-refractivity contribution in [1.29, 1.82) is 0 Å². The highest BCUT2D eigenvalue weighted by Gasteiger charge is 2.05. The van der Waals surface area contributed by atoms with Crippen molar-refractivity contribution in [2.75, 3.05) is 0 Å². The Morgan fingerprint density at radius 2 is 1.74 bits per heavy atom. The quantitative estimate of drug-likeness (QED) is 0.335. The number of Topliss-reactive ketones (excluding diaryl/α,β-unsaturated/α-hetero) is 1. The molecule has 2 aromatic carbocycles. The minimum absolute atomic E-state index is 0.0938. The topological polar surface area (TPSA) is 65.8 Å². The molecule has 0 amide bonds. The van der Waals surface area contributed by atoms with Gasteiger partial charge in [-0.1, -0.05) is 59.7 Å². The van der Waals surface area contributed by atoms with E-state index >= 15 is 0 Å². The van der Waals surface area contributed by atoms with E-state index in [1.165, 1.54) is 0 Å². The van der Waals surface area contributed by atoms with Crippen LogP contribution in [-0.2, 0) is 6.42 Å². The molecular weight excluding hydrogens is 238 g/mol. The second-order valence-electron chi connectivity index (χ2n) is 4.15. The highest BCUT2D eigenvalue weighted by molar-refractivity contribution is 5.96. The van der Waals surface area contributed by atoms with Gasteiger partial charge in [-0.3, -0.25) is 4.79 Å². The lowest BCUT2D eigenvalue weighted by molar-refractivity contribution is 0.0983. The largest absolute Gasteiger partial charge is 0.294 e. The van der Waals surface area contributed by atoms with E-state index in [2.05, 4.69) is 10.0 Å². The number of hydrogen-bond acceptors (Lipinski definition) is 2. The molecule has 0 radical (unpaired) electrons. The highest BCUT2D eigenvalue weighted by atomic mass is 16.1. The van der Waals surface area contributed by atoms with Gasteiger partial charge < -0.3 is 0 Å². The summed E-state index contributed by atoms with van der Waals surface area (Å²) in [5.74, 6) is 0.0938. The molecule has 0 fully saturated rings. The van der Waals surface area contributed by atoms with Gasteiger partial charge in [0, 0.05) is 22.6 Å². The number of rotatable bonds is 5. The van der Waals surface area contributed by atoms with Gasteiger partial charge in [0.15, 0.2) is 5.78 Å². The Morgan fingerprint density at radius 1 is 1.05 bits per heavy atom. The van der Waals surface area contributed by atoms with Crippen molar-refractivity contribution in [3.63, 3.8) is 0 Å². The predicted octanol–water partition coefficient (Wildman–Crippen LogP) is 4.44. The SMILES string of the molecule is [N-]=[N+]=Nc1ccc(C(=O)CCc2ccccc2)cc1. The number of carbonyl (C=O) groups is 1. The summed E-state index contributed by atoms with van der Waals surface area (Å²) in [5.41, 5.74) is 10.6. The number of carbonyl (C=O) groups excluding carboxylic acids is 1. The summed E-state index contributed by atoms with van der Waals surface area (Å²) in [5, 5.41) is 3.47. The first kappa shape index (κ1) is 12.9. The van der Waals surface area contributed by atoms with Crippen molar-refractivity contribution in [2.45, 2.75) is 12.8 Å². The molecule has 0 bridgehead atoms. The standard InChI is InChI=1S/C15H13N3O/c16-18-17-14-9-7-13(8-10-14)15(19)11-6-12-4-2-1-3-5-12/h1-5,7-10H,6,11H2. The van der Waals surface area contributed by atoms with Crippen LogP contribution in [0.4, 0.5) is 5.69 Å². The Kier molecular flexibility index (Phi) is 4.32. The van der Waals surface area contributed by atoms with Crippen molar-refractivity contribution in [1.82, 2.24) is 0 Å². The number of nitrogens with zero attached hydrogens (tertiary/aromatic N) is 3. The summed E-state index contributed by atoms with van der Waals surface area (Å²) in [6.45, 7) is 0. The molecule has 0 saturated carbocycles. The second kappa shape index (κ2) is 6.38. The third-order valence-electron chi connectivity index (χ3n) is 2.83. The molecule has 0 aliphatic carbocycles. The molecule has 0 N–H and O–H groups in total. The van der Waals surface area contributed by atoms with Gasteiger partial charge in [-0.2, -0.15) is 0 Å². The Morgan fingerprint density at radius 3 is 2.37 bits per heavy atom. The monoisotopic (exact) mass is 251 g/mol. The van der Waals surface area contributed by atoms with E-state index in [0.717, 1.165) is 12.0 Å². The Labute approximate surface area is 111 Å². The van der Waals surface area contributed by atoms with Crippen LogP contribution in [0.2, 0.25) is 0 Å². The van der Waals surface area contributed by atoms with E-state index in [9.17, 15) is 4.79 Å². The average Bonchev–Trinajstić information content (AvgIpc) is 2.47. The molecule has 19 heavy (non-hydrogen) atoms. The zero-order valence-electron chi connectivity index (χ0n) is 10.4. The predicted molar refractivity (Wildman–Crippen MR) is 74.3 cm³/mol. The molecule has 4 heteroatoms. The number of benzene rings is 2. The molecule has 0 aromatic heterocycles. The maximum absolute atomic E-state index is 12.0. The summed E-state index contributed by atoms with van der Waals surface area (Å²) in [6, 6.07) is 16.6. The number of aryl methyl sites for hydroxylation is 1. The Balaban J connectivity index is 1.98. The summed E-state index contributed by atoms with van der Waals surface area (Å²) < 4.78 is 0. The van der Waals surface area contributed by atoms with Crippen LogP contribution in [0.3, 0.4) is 0 Å². The molecule has 0 saturated heterocycles. The fourth-order valence-corrected chi connectivity index (χ4v) is 1.81. The Hall–Kier alpha value is -2.58. The van der Waals surface area contributed by atoms with Crippen molar-refractivity contribution in [2.24, 2.45) is 5.11 Å². The average molecular weight is 251 g/mol. The van der Waals surface area contributed by atoms with E-state index in [1.807, 2.05) is 30.3 Å². The van der Waals surface area contributed by atoms with E-state index in [1.54, 1.807) is 24.3 Å². The van der Waals surface area contributed by atoms with Gasteiger partial charge in [-0.15, -0.1) is 0 Å². The minimum Gasteiger partial charge on any atom is -0.294 e. The normalized spacial score (nSPS) is 9.68. The summed E-state index contributed by atoms with van der Waals surface area (Å²) in [4.78, 5) is 14.7. The van der Waals surface area contributed by atoms with Crippen LogP contribution in [-0.4, -0.2) is 5.78 Å². The lowest BCUT2D eigenvalue weighted by Crippen LogP contribution is -2.00. The molecule has 0 unspecified atom stereocenters. The van der Waals surface area contributed by atoms with Crippen molar-refractivity contribution in [3.8, 4) is 0 Å². The minimum atomic E-state index is 0.0938. The first-order chi connectivity index (χ1) is 9.29. The molecule has 2 rings (SSSR count). The van der Waals surface area contributed by atoms with Gasteiger partial charge in [0.2, 0.25) is 0 Å². The summed E-state index contributed by atoms with van der Waals surface area (Å²) in [6.07, 6.45) is 1.21.